The maximum atomic E-state index is 11.7. The van der Waals surface area contributed by atoms with Gasteiger partial charge in [-0.25, -0.2) is 5.43 Å². The van der Waals surface area contributed by atoms with Crippen LogP contribution in [0.4, 0.5) is 0 Å². The predicted octanol–water partition coefficient (Wildman–Crippen LogP) is 2.54. The molecule has 0 aliphatic heterocycles. The Hall–Kier alpha value is -1.84. The van der Waals surface area contributed by atoms with Crippen molar-refractivity contribution >= 4 is 11.6 Å². The summed E-state index contributed by atoms with van der Waals surface area (Å²) in [5.74, 6) is 0.226. The van der Waals surface area contributed by atoms with Crippen LogP contribution < -0.4 is 5.43 Å². The molecule has 0 unspecified atom stereocenters. The Morgan fingerprint density at radius 3 is 2.53 bits per heavy atom. The summed E-state index contributed by atoms with van der Waals surface area (Å²) in [6, 6.07) is 6.05. The van der Waals surface area contributed by atoms with Crippen LogP contribution in [0.25, 0.3) is 0 Å². The summed E-state index contributed by atoms with van der Waals surface area (Å²) in [6.45, 7) is 6.03. The average molecular weight is 234 g/mol. The van der Waals surface area contributed by atoms with Crippen LogP contribution >= 0.6 is 0 Å². The van der Waals surface area contributed by atoms with E-state index in [1.54, 1.807) is 12.1 Å². The summed E-state index contributed by atoms with van der Waals surface area (Å²) in [7, 11) is 0. The lowest BCUT2D eigenvalue weighted by Gasteiger charge is -2.07. The van der Waals surface area contributed by atoms with Gasteiger partial charge in [0.25, 0.3) is 5.91 Å². The van der Waals surface area contributed by atoms with E-state index < -0.39 is 0 Å². The normalized spacial score (nSPS) is 13.2. The molecular formula is C13H18N2O2. The molecule has 0 aliphatic carbocycles. The Morgan fingerprint density at radius 2 is 2.00 bits per heavy atom. The first kappa shape index (κ1) is 13.2. The first-order valence-corrected chi connectivity index (χ1v) is 5.68. The average Bonchev–Trinajstić information content (AvgIpc) is 2.35. The number of aromatic hydroxyl groups is 1. The van der Waals surface area contributed by atoms with Gasteiger partial charge in [0, 0.05) is 11.3 Å². The lowest BCUT2D eigenvalue weighted by molar-refractivity contribution is 0.0954. The second-order valence-electron chi connectivity index (χ2n) is 4.05. The number of benzene rings is 1. The number of amides is 1. The standard InChI is InChI=1S/C13H18N2O2/c1-4-9(2)10(3)14-15-13(17)11-5-7-12(16)8-6-11/h5-9,16H,4H2,1-3H3,(H,15,17)/b14-10-/t9-/m1/s1. The van der Waals surface area contributed by atoms with E-state index in [9.17, 15) is 4.79 Å². The number of hydrogen-bond donors (Lipinski definition) is 2. The van der Waals surface area contributed by atoms with E-state index in [4.69, 9.17) is 5.11 Å². The lowest BCUT2D eigenvalue weighted by Crippen LogP contribution is -2.20. The maximum Gasteiger partial charge on any atom is 0.271 e. The number of hydrogen-bond acceptors (Lipinski definition) is 3. The van der Waals surface area contributed by atoms with Crippen molar-refractivity contribution < 1.29 is 9.90 Å². The van der Waals surface area contributed by atoms with E-state index in [-0.39, 0.29) is 11.7 Å². The molecule has 0 aliphatic rings. The number of carbonyl (C=O) groups is 1. The van der Waals surface area contributed by atoms with Crippen LogP contribution in [-0.2, 0) is 0 Å². The minimum atomic E-state index is -0.271. The molecule has 4 nitrogen and oxygen atoms in total. The Kier molecular flexibility index (Phi) is 4.69. The predicted molar refractivity (Wildman–Crippen MR) is 68.1 cm³/mol. The fourth-order valence-electron chi connectivity index (χ4n) is 1.22. The number of carbonyl (C=O) groups excluding carboxylic acids is 1. The van der Waals surface area contributed by atoms with Crippen LogP contribution in [0.5, 0.6) is 5.75 Å². The highest BCUT2D eigenvalue weighted by atomic mass is 16.3. The number of phenols is 1. The molecule has 2 N–H and O–H groups in total. The molecule has 0 bridgehead atoms. The third-order valence-corrected chi connectivity index (χ3v) is 2.79. The van der Waals surface area contributed by atoms with Crippen LogP contribution in [0, 0.1) is 5.92 Å². The molecule has 0 aromatic heterocycles. The van der Waals surface area contributed by atoms with Gasteiger partial charge in [-0.05, 0) is 43.5 Å². The third-order valence-electron chi connectivity index (χ3n) is 2.79. The summed E-state index contributed by atoms with van der Waals surface area (Å²) in [5.41, 5.74) is 3.88. The van der Waals surface area contributed by atoms with Gasteiger partial charge in [0.15, 0.2) is 0 Å². The molecule has 1 amide bonds. The molecule has 1 atom stereocenters. The zero-order valence-electron chi connectivity index (χ0n) is 10.4. The van der Waals surface area contributed by atoms with Gasteiger partial charge < -0.3 is 5.11 Å². The number of phenolic OH excluding ortho intramolecular Hbond substituents is 1. The minimum absolute atomic E-state index is 0.140. The summed E-state index contributed by atoms with van der Waals surface area (Å²) < 4.78 is 0. The molecule has 0 saturated heterocycles. The summed E-state index contributed by atoms with van der Waals surface area (Å²) >= 11 is 0. The molecule has 17 heavy (non-hydrogen) atoms. The highest BCUT2D eigenvalue weighted by molar-refractivity contribution is 5.95. The van der Waals surface area contributed by atoms with Gasteiger partial charge in [-0.3, -0.25) is 4.79 Å². The van der Waals surface area contributed by atoms with Gasteiger partial charge in [-0.2, -0.15) is 5.10 Å². The van der Waals surface area contributed by atoms with E-state index in [1.165, 1.54) is 12.1 Å². The number of hydrazone groups is 1. The zero-order chi connectivity index (χ0) is 12.8. The number of nitrogens with one attached hydrogen (secondary N) is 1. The van der Waals surface area contributed by atoms with Crippen molar-refractivity contribution in [3.8, 4) is 5.75 Å². The number of rotatable bonds is 4. The molecule has 92 valence electrons. The molecule has 1 aromatic carbocycles. The quantitative estimate of drug-likeness (QED) is 0.621. The molecular weight excluding hydrogens is 216 g/mol. The molecule has 0 spiro atoms. The van der Waals surface area contributed by atoms with Crippen LogP contribution in [0.1, 0.15) is 37.6 Å². The fraction of sp³-hybridized carbons (Fsp3) is 0.385. The van der Waals surface area contributed by atoms with Crippen LogP contribution in [0.3, 0.4) is 0 Å². The largest absolute Gasteiger partial charge is 0.508 e. The molecule has 4 heteroatoms. The van der Waals surface area contributed by atoms with Gasteiger partial charge in [-0.1, -0.05) is 13.8 Å². The summed E-state index contributed by atoms with van der Waals surface area (Å²) in [6.07, 6.45) is 0.990. The molecule has 0 heterocycles. The van der Waals surface area contributed by atoms with Crippen molar-refractivity contribution in [2.45, 2.75) is 27.2 Å². The SMILES string of the molecule is CC[C@@H](C)/C(C)=N\NC(=O)c1ccc(O)cc1. The fourth-order valence-corrected chi connectivity index (χ4v) is 1.22. The van der Waals surface area contributed by atoms with Crippen molar-refractivity contribution in [3.05, 3.63) is 29.8 Å². The van der Waals surface area contributed by atoms with E-state index in [1.807, 2.05) is 6.92 Å². The highest BCUT2D eigenvalue weighted by Crippen LogP contribution is 2.09. The molecule has 1 aromatic rings. The van der Waals surface area contributed by atoms with Crippen molar-refractivity contribution in [3.63, 3.8) is 0 Å². The molecule has 0 radical (unpaired) electrons. The van der Waals surface area contributed by atoms with Gasteiger partial charge in [0.05, 0.1) is 0 Å². The Bertz CT molecular complexity index is 410. The summed E-state index contributed by atoms with van der Waals surface area (Å²) in [4.78, 5) is 11.7. The Labute approximate surface area is 101 Å². The zero-order valence-corrected chi connectivity index (χ0v) is 10.4. The minimum Gasteiger partial charge on any atom is -0.508 e. The molecule has 1 rings (SSSR count). The second kappa shape index (κ2) is 6.03. The van der Waals surface area contributed by atoms with Gasteiger partial charge in [0.1, 0.15) is 5.75 Å². The van der Waals surface area contributed by atoms with Crippen molar-refractivity contribution in [1.29, 1.82) is 0 Å². The smallest absolute Gasteiger partial charge is 0.271 e. The first-order chi connectivity index (χ1) is 8.04. The summed E-state index contributed by atoms with van der Waals surface area (Å²) in [5, 5.41) is 13.2. The molecule has 0 fully saturated rings. The monoisotopic (exact) mass is 234 g/mol. The maximum absolute atomic E-state index is 11.7. The lowest BCUT2D eigenvalue weighted by atomic mass is 10.1. The van der Waals surface area contributed by atoms with Crippen LogP contribution in [0.15, 0.2) is 29.4 Å². The van der Waals surface area contributed by atoms with Crippen molar-refractivity contribution in [2.75, 3.05) is 0 Å². The third kappa shape index (κ3) is 3.90. The van der Waals surface area contributed by atoms with Gasteiger partial charge >= 0.3 is 0 Å². The Morgan fingerprint density at radius 1 is 1.41 bits per heavy atom. The van der Waals surface area contributed by atoms with E-state index in [0.29, 0.717) is 11.5 Å². The number of nitrogens with zero attached hydrogens (tertiary/aromatic N) is 1. The highest BCUT2D eigenvalue weighted by Gasteiger charge is 2.06. The van der Waals surface area contributed by atoms with Crippen LogP contribution in [-0.4, -0.2) is 16.7 Å². The van der Waals surface area contributed by atoms with E-state index in [2.05, 4.69) is 24.4 Å². The van der Waals surface area contributed by atoms with Crippen LogP contribution in [0.2, 0.25) is 0 Å². The van der Waals surface area contributed by atoms with Crippen molar-refractivity contribution in [1.82, 2.24) is 5.43 Å². The topological polar surface area (TPSA) is 61.7 Å². The molecule has 0 saturated carbocycles. The van der Waals surface area contributed by atoms with E-state index in [0.717, 1.165) is 12.1 Å². The van der Waals surface area contributed by atoms with Crippen molar-refractivity contribution in [2.24, 2.45) is 11.0 Å². The van der Waals surface area contributed by atoms with Gasteiger partial charge in [-0.15, -0.1) is 0 Å². The van der Waals surface area contributed by atoms with Gasteiger partial charge in [0.2, 0.25) is 0 Å². The Balaban J connectivity index is 2.64. The first-order valence-electron chi connectivity index (χ1n) is 5.68. The van der Waals surface area contributed by atoms with E-state index >= 15 is 0 Å². The second-order valence-corrected chi connectivity index (χ2v) is 4.05.